The lowest BCUT2D eigenvalue weighted by Gasteiger charge is -2.13. The smallest absolute Gasteiger partial charge is 0.305 e. The second-order valence-corrected chi connectivity index (χ2v) is 9.68. The van der Waals surface area contributed by atoms with Gasteiger partial charge in [0.15, 0.2) is 14.0 Å². The van der Waals surface area contributed by atoms with E-state index in [2.05, 4.69) is 9.97 Å². The molecule has 3 aromatic heterocycles. The average molecular weight is 523 g/mol. The highest BCUT2D eigenvalue weighted by Gasteiger charge is 2.21. The van der Waals surface area contributed by atoms with E-state index >= 15 is 4.39 Å². The van der Waals surface area contributed by atoms with Crippen LogP contribution >= 0.6 is 0 Å². The lowest BCUT2D eigenvalue weighted by atomic mass is 10.00. The van der Waals surface area contributed by atoms with E-state index in [1.165, 1.54) is 26.7 Å². The van der Waals surface area contributed by atoms with Crippen molar-refractivity contribution in [3.8, 4) is 17.0 Å². The number of aryl methyl sites for hydroxylation is 1. The number of ether oxygens (including phenoxy) is 3. The standard InChI is InChI=1S/C27H24FN3O5S/c1-34-14-36-17-10-15-6-4-5-7-18(15)19(12-17)25-23(28)26-21(13-29-25)24-20(27(31-26)37(3)33)11-16(30-24)8-9-22(32)35-2/h4-7,10-13,30H,8-9,14H2,1-3H3/i/hD. The number of benzene rings is 2. The first kappa shape index (κ1) is 23.5. The zero-order valence-corrected chi connectivity index (χ0v) is 21.2. The van der Waals surface area contributed by atoms with Gasteiger partial charge >= 0.3 is 5.97 Å². The van der Waals surface area contributed by atoms with E-state index < -0.39 is 22.6 Å². The summed E-state index contributed by atoms with van der Waals surface area (Å²) in [4.78, 5) is 21.7. The second kappa shape index (κ2) is 10.2. The first-order valence-corrected chi connectivity index (χ1v) is 13.0. The molecule has 1 atom stereocenters. The SMILES string of the molecule is [2H]n1c(CCC(=O)OC)cc2c(S(C)=O)nc3c(F)c(-c4cc(OCOC)cc5ccccc45)ncc3c21. The molecule has 0 amide bonds. The van der Waals surface area contributed by atoms with Crippen molar-refractivity contribution in [2.75, 3.05) is 27.3 Å². The molecule has 5 rings (SSSR count). The Kier molecular flexibility index (Phi) is 6.50. The number of carbonyl (C=O) groups is 1. The molecular formula is C27H24FN3O5S. The van der Waals surface area contributed by atoms with Crippen molar-refractivity contribution in [3.63, 3.8) is 0 Å². The van der Waals surface area contributed by atoms with E-state index in [-0.39, 0.29) is 35.9 Å². The molecule has 190 valence electrons. The molecule has 1 N–H and O–H groups in total. The van der Waals surface area contributed by atoms with Crippen LogP contribution in [0.2, 0.25) is 1.41 Å². The van der Waals surface area contributed by atoms with Gasteiger partial charge in [-0.3, -0.25) is 14.0 Å². The summed E-state index contributed by atoms with van der Waals surface area (Å²) in [5.41, 5.74) is 1.29. The third-order valence-electron chi connectivity index (χ3n) is 6.03. The Bertz CT molecular complexity index is 1740. The van der Waals surface area contributed by atoms with E-state index in [0.717, 1.165) is 15.7 Å². The number of rotatable bonds is 8. The molecule has 0 radical (unpaired) electrons. The summed E-state index contributed by atoms with van der Waals surface area (Å²) in [6, 6.07) is 12.7. The Morgan fingerprint density at radius 2 is 1.97 bits per heavy atom. The molecule has 0 aliphatic heterocycles. The van der Waals surface area contributed by atoms with Crippen molar-refractivity contribution in [3.05, 3.63) is 60.2 Å². The zero-order chi connectivity index (χ0) is 27.0. The van der Waals surface area contributed by atoms with Gasteiger partial charge in [-0.15, -0.1) is 0 Å². The lowest BCUT2D eigenvalue weighted by Crippen LogP contribution is -2.01. The highest BCUT2D eigenvalue weighted by Crippen LogP contribution is 2.37. The van der Waals surface area contributed by atoms with Crippen molar-refractivity contribution in [1.29, 1.82) is 0 Å². The molecule has 0 saturated heterocycles. The molecule has 3 heterocycles. The van der Waals surface area contributed by atoms with E-state index in [1.54, 1.807) is 12.1 Å². The van der Waals surface area contributed by atoms with Crippen LogP contribution in [0.15, 0.2) is 53.7 Å². The van der Waals surface area contributed by atoms with Crippen molar-refractivity contribution < 1.29 is 29.0 Å². The Balaban J connectivity index is 1.75. The number of esters is 1. The predicted octanol–water partition coefficient (Wildman–Crippen LogP) is 4.90. The molecule has 5 aromatic rings. The summed E-state index contributed by atoms with van der Waals surface area (Å²) in [6.45, 7) is 0.0232. The van der Waals surface area contributed by atoms with Crippen LogP contribution in [0.25, 0.3) is 43.8 Å². The van der Waals surface area contributed by atoms with Crippen molar-refractivity contribution in [2.45, 2.75) is 17.9 Å². The Morgan fingerprint density at radius 3 is 2.73 bits per heavy atom. The number of fused-ring (bicyclic) bond motifs is 4. The topological polar surface area (TPSA) is 103 Å². The van der Waals surface area contributed by atoms with Gasteiger partial charge in [0.2, 0.25) is 0 Å². The van der Waals surface area contributed by atoms with Crippen molar-refractivity contribution >= 4 is 49.3 Å². The van der Waals surface area contributed by atoms with Crippen LogP contribution in [-0.4, -0.2) is 52.4 Å². The number of pyridine rings is 2. The van der Waals surface area contributed by atoms with Crippen LogP contribution in [0.4, 0.5) is 4.39 Å². The molecule has 37 heavy (non-hydrogen) atoms. The minimum Gasteiger partial charge on any atom is -0.469 e. The molecule has 8 nitrogen and oxygen atoms in total. The summed E-state index contributed by atoms with van der Waals surface area (Å²) >= 11 is 0. The van der Waals surface area contributed by atoms with Gasteiger partial charge in [0.1, 0.15) is 22.0 Å². The van der Waals surface area contributed by atoms with Crippen LogP contribution in [0, 0.1) is 5.82 Å². The van der Waals surface area contributed by atoms with E-state index in [1.807, 2.05) is 30.3 Å². The van der Waals surface area contributed by atoms with Gasteiger partial charge in [-0.25, -0.2) is 9.37 Å². The number of aromatic amines is 1. The molecule has 0 fully saturated rings. The molecule has 0 bridgehead atoms. The molecular weight excluding hydrogens is 497 g/mol. The number of H-pyrrole nitrogens is 1. The largest absolute Gasteiger partial charge is 0.469 e. The zero-order valence-electron chi connectivity index (χ0n) is 21.4. The number of aromatic nitrogens is 3. The molecule has 1 unspecified atom stereocenters. The van der Waals surface area contributed by atoms with Crippen LogP contribution in [0.5, 0.6) is 5.75 Å². The van der Waals surface area contributed by atoms with Crippen LogP contribution < -0.4 is 4.74 Å². The van der Waals surface area contributed by atoms with Gasteiger partial charge in [0, 0.05) is 41.6 Å². The van der Waals surface area contributed by atoms with Gasteiger partial charge in [-0.05, 0) is 35.4 Å². The van der Waals surface area contributed by atoms with Crippen molar-refractivity contribution in [1.82, 2.24) is 14.9 Å². The number of nitrogens with zero attached hydrogens (tertiary/aromatic N) is 2. The highest BCUT2D eigenvalue weighted by molar-refractivity contribution is 7.84. The fourth-order valence-corrected chi connectivity index (χ4v) is 5.00. The fraction of sp³-hybridized carbons (Fsp3) is 0.222. The number of hydrogen-bond acceptors (Lipinski definition) is 7. The lowest BCUT2D eigenvalue weighted by molar-refractivity contribution is -0.140. The maximum Gasteiger partial charge on any atom is 0.305 e. The average Bonchev–Trinajstić information content (AvgIpc) is 3.25. The highest BCUT2D eigenvalue weighted by atomic mass is 32.2. The Labute approximate surface area is 215 Å². The van der Waals surface area contributed by atoms with Gasteiger partial charge < -0.3 is 19.2 Å². The van der Waals surface area contributed by atoms with E-state index in [0.29, 0.717) is 33.3 Å². The van der Waals surface area contributed by atoms with E-state index in [9.17, 15) is 9.00 Å². The number of halogens is 1. The first-order chi connectivity index (χ1) is 18.3. The summed E-state index contributed by atoms with van der Waals surface area (Å²) in [5.74, 6) is -0.642. The quantitative estimate of drug-likeness (QED) is 0.228. The number of nitrogens with one attached hydrogen (secondary N) is 1. The molecule has 0 aliphatic rings. The Hall–Kier alpha value is -3.89. The first-order valence-electron chi connectivity index (χ1n) is 11.9. The minimum atomic E-state index is -1.58. The number of carbonyl (C=O) groups excluding carboxylic acids is 1. The Morgan fingerprint density at radius 1 is 1.16 bits per heavy atom. The van der Waals surface area contributed by atoms with Crippen LogP contribution in [0.3, 0.4) is 0 Å². The molecule has 0 saturated carbocycles. The van der Waals surface area contributed by atoms with Gasteiger partial charge in [0.25, 0.3) is 0 Å². The normalized spacial score (nSPS) is 12.7. The van der Waals surface area contributed by atoms with Crippen molar-refractivity contribution in [2.24, 2.45) is 0 Å². The van der Waals surface area contributed by atoms with E-state index in [4.69, 9.17) is 15.6 Å². The summed E-state index contributed by atoms with van der Waals surface area (Å²) in [7, 11) is 1.23. The summed E-state index contributed by atoms with van der Waals surface area (Å²) in [5, 5.41) is 2.48. The maximum absolute atomic E-state index is 16.3. The third kappa shape index (κ3) is 4.65. The molecule has 0 aliphatic carbocycles. The van der Waals surface area contributed by atoms with Crippen LogP contribution in [-0.2, 0) is 31.5 Å². The predicted molar refractivity (Wildman–Crippen MR) is 139 cm³/mol. The minimum absolute atomic E-state index is 0.0232. The molecule has 0 spiro atoms. The second-order valence-electron chi connectivity index (χ2n) is 8.38. The molecule has 10 heteroatoms. The van der Waals surface area contributed by atoms with Gasteiger partial charge in [0.05, 0.1) is 29.8 Å². The number of hydrogen-bond donors (Lipinski definition) is 1. The number of methoxy groups -OCH3 is 2. The van der Waals surface area contributed by atoms with Crippen LogP contribution in [0.1, 0.15) is 12.1 Å². The molecule has 2 aromatic carbocycles. The van der Waals surface area contributed by atoms with Gasteiger partial charge in [-0.2, -0.15) is 0 Å². The summed E-state index contributed by atoms with van der Waals surface area (Å²) in [6.07, 6.45) is 3.20. The maximum atomic E-state index is 16.3. The fourth-order valence-electron chi connectivity index (χ4n) is 4.32. The third-order valence-corrected chi connectivity index (χ3v) is 6.89. The monoisotopic (exact) mass is 522 g/mol. The van der Waals surface area contributed by atoms with Gasteiger partial charge in [-0.1, -0.05) is 24.3 Å². The summed E-state index contributed by atoms with van der Waals surface area (Å²) < 4.78 is 53.0.